The van der Waals surface area contributed by atoms with E-state index in [9.17, 15) is 10.5 Å². The fourth-order valence-corrected chi connectivity index (χ4v) is 4.22. The number of thioether (sulfide) groups is 1. The van der Waals surface area contributed by atoms with Gasteiger partial charge in [0.1, 0.15) is 12.1 Å². The van der Waals surface area contributed by atoms with Crippen LogP contribution in [0.3, 0.4) is 0 Å². The van der Waals surface area contributed by atoms with Crippen molar-refractivity contribution in [3.05, 3.63) is 34.9 Å². The molecule has 0 aromatic heterocycles. The van der Waals surface area contributed by atoms with Gasteiger partial charge in [-0.3, -0.25) is 0 Å². The van der Waals surface area contributed by atoms with Crippen LogP contribution in [0.25, 0.3) is 11.1 Å². The third-order valence-corrected chi connectivity index (χ3v) is 5.23. The van der Waals surface area contributed by atoms with Gasteiger partial charge in [-0.15, -0.1) is 11.8 Å². The zero-order chi connectivity index (χ0) is 17.3. The number of nitrogens with two attached hydrogens (primary N) is 1. The number of hydrogen-bond donors (Lipinski definition) is 1. The van der Waals surface area contributed by atoms with Crippen LogP contribution in [-0.2, 0) is 6.42 Å². The summed E-state index contributed by atoms with van der Waals surface area (Å²) in [7, 11) is 3.14. The molecule has 0 amide bonds. The van der Waals surface area contributed by atoms with Crippen molar-refractivity contribution in [1.29, 1.82) is 10.5 Å². The highest BCUT2D eigenvalue weighted by atomic mass is 32.2. The quantitative estimate of drug-likeness (QED) is 0.864. The molecule has 0 fully saturated rings. The number of fused-ring (bicyclic) bond motifs is 1. The van der Waals surface area contributed by atoms with E-state index in [0.29, 0.717) is 22.6 Å². The molecule has 0 saturated heterocycles. The van der Waals surface area contributed by atoms with E-state index in [1.54, 1.807) is 32.0 Å². The average molecular weight is 337 g/mol. The SMILES string of the molecule is COc1ccc(-c2c(C#N)c(N)c(C#N)c3c2SCC3)cc1OC. The smallest absolute Gasteiger partial charge is 0.161 e. The van der Waals surface area contributed by atoms with E-state index in [-0.39, 0.29) is 5.69 Å². The summed E-state index contributed by atoms with van der Waals surface area (Å²) in [6.07, 6.45) is 0.777. The van der Waals surface area contributed by atoms with Crippen LogP contribution in [0.2, 0.25) is 0 Å². The third kappa shape index (κ3) is 2.33. The fourth-order valence-electron chi connectivity index (χ4n) is 2.96. The number of rotatable bonds is 3. The molecule has 1 aliphatic rings. The van der Waals surface area contributed by atoms with Gasteiger partial charge in [0, 0.05) is 16.2 Å². The molecule has 2 aromatic carbocycles. The maximum Gasteiger partial charge on any atom is 0.161 e. The van der Waals surface area contributed by atoms with Crippen molar-refractivity contribution in [2.24, 2.45) is 0 Å². The molecular formula is C18H15N3O2S. The summed E-state index contributed by atoms with van der Waals surface area (Å²) < 4.78 is 10.6. The number of ether oxygens (including phenoxy) is 2. The predicted molar refractivity (Wildman–Crippen MR) is 93.3 cm³/mol. The second-order valence-electron chi connectivity index (χ2n) is 5.24. The Hall–Kier alpha value is -2.83. The van der Waals surface area contributed by atoms with Crippen molar-refractivity contribution in [1.82, 2.24) is 0 Å². The van der Waals surface area contributed by atoms with Crippen LogP contribution in [0.15, 0.2) is 23.1 Å². The lowest BCUT2D eigenvalue weighted by Gasteiger charge is -2.16. The Bertz CT molecular complexity index is 906. The highest BCUT2D eigenvalue weighted by Gasteiger charge is 2.27. The van der Waals surface area contributed by atoms with Crippen LogP contribution in [-0.4, -0.2) is 20.0 Å². The number of benzene rings is 2. The van der Waals surface area contributed by atoms with Crippen LogP contribution in [0.5, 0.6) is 11.5 Å². The molecule has 0 radical (unpaired) electrons. The van der Waals surface area contributed by atoms with Gasteiger partial charge < -0.3 is 15.2 Å². The number of methoxy groups -OCH3 is 2. The summed E-state index contributed by atoms with van der Waals surface area (Å²) in [6.45, 7) is 0. The van der Waals surface area contributed by atoms with Crippen LogP contribution < -0.4 is 15.2 Å². The summed E-state index contributed by atoms with van der Waals surface area (Å²) in [6, 6.07) is 9.84. The minimum Gasteiger partial charge on any atom is -0.493 e. The summed E-state index contributed by atoms with van der Waals surface area (Å²) in [5.74, 6) is 2.07. The van der Waals surface area contributed by atoms with E-state index in [1.165, 1.54) is 0 Å². The number of nitrogens with zero attached hydrogens (tertiary/aromatic N) is 2. The average Bonchev–Trinajstić information content (AvgIpc) is 3.09. The van der Waals surface area contributed by atoms with Crippen LogP contribution >= 0.6 is 11.8 Å². The first-order valence-electron chi connectivity index (χ1n) is 7.30. The summed E-state index contributed by atoms with van der Waals surface area (Å²) >= 11 is 1.65. The number of nitriles is 2. The monoisotopic (exact) mass is 337 g/mol. The molecule has 0 bridgehead atoms. The summed E-state index contributed by atoms with van der Waals surface area (Å²) in [5.41, 5.74) is 9.68. The first-order valence-corrected chi connectivity index (χ1v) is 8.28. The molecule has 0 unspecified atom stereocenters. The normalized spacial score (nSPS) is 12.2. The molecule has 2 aromatic rings. The van der Waals surface area contributed by atoms with E-state index in [2.05, 4.69) is 12.1 Å². The molecule has 0 atom stereocenters. The van der Waals surface area contributed by atoms with Crippen molar-refractivity contribution >= 4 is 17.4 Å². The van der Waals surface area contributed by atoms with Crippen molar-refractivity contribution in [2.75, 3.05) is 25.7 Å². The molecule has 0 aliphatic carbocycles. The first-order chi connectivity index (χ1) is 11.7. The largest absolute Gasteiger partial charge is 0.493 e. The lowest BCUT2D eigenvalue weighted by molar-refractivity contribution is 0.355. The zero-order valence-corrected chi connectivity index (χ0v) is 14.2. The molecule has 120 valence electrons. The number of nitrogen functional groups attached to an aromatic ring is 1. The fraction of sp³-hybridized carbons (Fsp3) is 0.222. The first kappa shape index (κ1) is 16.0. The second kappa shape index (κ2) is 6.35. The number of anilines is 1. The lowest BCUT2D eigenvalue weighted by Crippen LogP contribution is -2.03. The van der Waals surface area contributed by atoms with Gasteiger partial charge in [-0.05, 0) is 29.7 Å². The highest BCUT2D eigenvalue weighted by Crippen LogP contribution is 2.47. The molecule has 2 N–H and O–H groups in total. The van der Waals surface area contributed by atoms with Gasteiger partial charge in [0.25, 0.3) is 0 Å². The van der Waals surface area contributed by atoms with Crippen LogP contribution in [0, 0.1) is 22.7 Å². The van der Waals surface area contributed by atoms with E-state index in [1.807, 2.05) is 12.1 Å². The van der Waals surface area contributed by atoms with Crippen molar-refractivity contribution in [3.8, 4) is 34.8 Å². The molecule has 1 heterocycles. The van der Waals surface area contributed by atoms with Gasteiger partial charge in [-0.25, -0.2) is 0 Å². The second-order valence-corrected chi connectivity index (χ2v) is 6.34. The topological polar surface area (TPSA) is 92.1 Å². The molecular weight excluding hydrogens is 322 g/mol. The Kier molecular flexibility index (Phi) is 4.24. The Balaban J connectivity index is 2.34. The van der Waals surface area contributed by atoms with E-state index in [0.717, 1.165) is 33.8 Å². The maximum atomic E-state index is 9.63. The predicted octanol–water partition coefficient (Wildman–Crippen LogP) is 3.34. The zero-order valence-electron chi connectivity index (χ0n) is 13.3. The van der Waals surface area contributed by atoms with Gasteiger partial charge in [-0.1, -0.05) is 6.07 Å². The lowest BCUT2D eigenvalue weighted by atomic mass is 9.91. The molecule has 3 rings (SSSR count). The van der Waals surface area contributed by atoms with Gasteiger partial charge in [0.15, 0.2) is 11.5 Å². The van der Waals surface area contributed by atoms with Crippen molar-refractivity contribution < 1.29 is 9.47 Å². The molecule has 5 nitrogen and oxygen atoms in total. The van der Waals surface area contributed by atoms with E-state index in [4.69, 9.17) is 15.2 Å². The minimum absolute atomic E-state index is 0.256. The van der Waals surface area contributed by atoms with Gasteiger partial charge >= 0.3 is 0 Å². The Morgan fingerprint density at radius 1 is 1.08 bits per heavy atom. The van der Waals surface area contributed by atoms with Gasteiger partial charge in [0.2, 0.25) is 0 Å². The third-order valence-electron chi connectivity index (χ3n) is 4.09. The van der Waals surface area contributed by atoms with Gasteiger partial charge in [-0.2, -0.15) is 10.5 Å². The van der Waals surface area contributed by atoms with Crippen molar-refractivity contribution in [2.45, 2.75) is 11.3 Å². The minimum atomic E-state index is 0.256. The molecule has 0 saturated carbocycles. The summed E-state index contributed by atoms with van der Waals surface area (Å²) in [5, 5.41) is 19.1. The highest BCUT2D eigenvalue weighted by molar-refractivity contribution is 7.99. The van der Waals surface area contributed by atoms with E-state index < -0.39 is 0 Å². The molecule has 24 heavy (non-hydrogen) atoms. The standard InChI is InChI=1S/C18H15N3O2S/c1-22-14-4-3-10(7-15(14)23-2)16-13(9-20)17(21)12(8-19)11-5-6-24-18(11)16/h3-4,7H,5-6,21H2,1-2H3. The van der Waals surface area contributed by atoms with Crippen LogP contribution in [0.4, 0.5) is 5.69 Å². The molecule has 0 spiro atoms. The van der Waals surface area contributed by atoms with E-state index >= 15 is 0 Å². The Labute approximate surface area is 144 Å². The Morgan fingerprint density at radius 3 is 2.42 bits per heavy atom. The van der Waals surface area contributed by atoms with Crippen LogP contribution in [0.1, 0.15) is 16.7 Å². The maximum absolute atomic E-state index is 9.63. The molecule has 6 heteroatoms. The Morgan fingerprint density at radius 2 is 1.79 bits per heavy atom. The summed E-state index contributed by atoms with van der Waals surface area (Å²) in [4.78, 5) is 0.963. The number of hydrogen-bond acceptors (Lipinski definition) is 6. The molecule has 1 aliphatic heterocycles. The van der Waals surface area contributed by atoms with Crippen molar-refractivity contribution in [3.63, 3.8) is 0 Å². The van der Waals surface area contributed by atoms with Gasteiger partial charge in [0.05, 0.1) is 31.0 Å².